The minimum atomic E-state index is -1.12. The number of fused-ring (bicyclic) bond motifs is 2. The van der Waals surface area contributed by atoms with Gasteiger partial charge in [0.25, 0.3) is 5.69 Å². The van der Waals surface area contributed by atoms with Crippen molar-refractivity contribution in [2.75, 3.05) is 14.2 Å². The first-order valence-corrected chi connectivity index (χ1v) is 15.9. The number of carbonyl (C=O) groups is 2. The van der Waals surface area contributed by atoms with Gasteiger partial charge in [0.15, 0.2) is 11.6 Å². The van der Waals surface area contributed by atoms with Gasteiger partial charge in [-0.15, -0.1) is 0 Å². The van der Waals surface area contributed by atoms with E-state index < -0.39 is 32.9 Å². The van der Waals surface area contributed by atoms with Gasteiger partial charge in [0.05, 0.1) is 35.5 Å². The van der Waals surface area contributed by atoms with Crippen molar-refractivity contribution in [1.82, 2.24) is 9.97 Å². The van der Waals surface area contributed by atoms with Gasteiger partial charge in [-0.1, -0.05) is 56.3 Å². The number of halogens is 5. The average molecular weight is 803 g/mol. The van der Waals surface area contributed by atoms with E-state index in [9.17, 15) is 38.6 Å². The fraction of sp³-hybridized carbons (Fsp3) is 0.333. The number of aromatic nitrogens is 2. The van der Waals surface area contributed by atoms with Crippen LogP contribution in [0.3, 0.4) is 0 Å². The quantitative estimate of drug-likeness (QED) is 0.109. The van der Waals surface area contributed by atoms with Crippen LogP contribution in [0.25, 0.3) is 21.8 Å². The molecule has 0 amide bonds. The second kappa shape index (κ2) is 14.9. The van der Waals surface area contributed by atoms with Gasteiger partial charge in [0.2, 0.25) is 0 Å². The van der Waals surface area contributed by atoms with Gasteiger partial charge in [-0.05, 0) is 49.9 Å². The molecule has 0 spiro atoms. The monoisotopic (exact) mass is 800 g/mol. The molecule has 2 aromatic carbocycles. The topological polar surface area (TPSA) is 165 Å². The van der Waals surface area contributed by atoms with E-state index in [4.69, 9.17) is 16.3 Å². The largest absolute Gasteiger partial charge is 0.469 e. The smallest absolute Gasteiger partial charge is 0.316 e. The molecule has 2 fully saturated rings. The number of hydrogen-bond donors (Lipinski definition) is 0. The van der Waals surface area contributed by atoms with E-state index in [-0.39, 0.29) is 55.7 Å². The molecule has 6 rings (SSSR count). The molecule has 248 valence electrons. The van der Waals surface area contributed by atoms with E-state index >= 15 is 0 Å². The Kier molecular flexibility index (Phi) is 11.4. The van der Waals surface area contributed by atoms with Crippen LogP contribution in [-0.2, 0) is 24.5 Å². The number of methoxy groups -OCH3 is 2. The predicted octanol–water partition coefficient (Wildman–Crippen LogP) is 8.30. The van der Waals surface area contributed by atoms with Gasteiger partial charge in [-0.25, -0.2) is 18.7 Å². The fourth-order valence-corrected chi connectivity index (χ4v) is 6.38. The molecule has 0 radical (unpaired) electrons. The van der Waals surface area contributed by atoms with Crippen molar-refractivity contribution in [3.8, 4) is 0 Å². The summed E-state index contributed by atoms with van der Waals surface area (Å²) >= 11 is 12.1. The molecule has 17 heteroatoms. The van der Waals surface area contributed by atoms with Crippen molar-refractivity contribution < 1.29 is 37.7 Å². The maximum absolute atomic E-state index is 14.2. The van der Waals surface area contributed by atoms with Crippen LogP contribution in [0.2, 0.25) is 5.02 Å². The Morgan fingerprint density at radius 1 is 0.872 bits per heavy atom. The van der Waals surface area contributed by atoms with Crippen molar-refractivity contribution in [3.63, 3.8) is 0 Å². The zero-order chi connectivity index (χ0) is 34.6. The Balaban J connectivity index is 0.000000180. The van der Waals surface area contributed by atoms with Crippen LogP contribution in [0.4, 0.5) is 20.2 Å². The molecule has 2 aliphatic rings. The van der Waals surface area contributed by atoms with E-state index in [1.807, 2.05) is 0 Å². The number of pyridine rings is 2. The lowest BCUT2D eigenvalue weighted by atomic mass is 9.63. The third-order valence-electron chi connectivity index (χ3n) is 7.97. The highest BCUT2D eigenvalue weighted by Crippen LogP contribution is 2.50. The normalized spacial score (nSPS) is 14.8. The standard InChI is InChI=1S/C15H12BrFN2O4.C9H3BrClFN2O2.C6H10O2/c1-23-14(20)15(3-2-4-15)12-9-5-8(16)6-10(17)13(9)18-7-11(12)19(21)22;10-4-1-5-8(11)7(14(15)16)3-13-9(5)6(12)2-4;1-8-6(7)5-3-2-4-5/h5-7H,2-4H2,1H3;1-3H;5H,2-4H2,1H3. The van der Waals surface area contributed by atoms with Crippen LogP contribution in [0.5, 0.6) is 0 Å². The molecule has 2 heterocycles. The maximum atomic E-state index is 14.2. The van der Waals surface area contributed by atoms with Gasteiger partial charge in [0.1, 0.15) is 33.9 Å². The first-order chi connectivity index (χ1) is 22.2. The summed E-state index contributed by atoms with van der Waals surface area (Å²) in [4.78, 5) is 51.3. The molecule has 0 N–H and O–H groups in total. The Morgan fingerprint density at radius 3 is 1.79 bits per heavy atom. The molecule has 0 bridgehead atoms. The third-order valence-corrected chi connectivity index (χ3v) is 9.28. The minimum absolute atomic E-state index is 0.00368. The van der Waals surface area contributed by atoms with Crippen LogP contribution >= 0.6 is 43.5 Å². The molecule has 0 aliphatic heterocycles. The van der Waals surface area contributed by atoms with Crippen LogP contribution in [0.1, 0.15) is 44.1 Å². The van der Waals surface area contributed by atoms with Crippen LogP contribution < -0.4 is 0 Å². The average Bonchev–Trinajstić information content (AvgIpc) is 2.96. The molecule has 4 aromatic rings. The van der Waals surface area contributed by atoms with Crippen molar-refractivity contribution in [1.29, 1.82) is 0 Å². The van der Waals surface area contributed by atoms with Gasteiger partial charge >= 0.3 is 17.6 Å². The highest BCUT2D eigenvalue weighted by molar-refractivity contribution is 9.10. The maximum Gasteiger partial charge on any atom is 0.316 e. The third kappa shape index (κ3) is 7.33. The van der Waals surface area contributed by atoms with Gasteiger partial charge in [0, 0.05) is 19.7 Å². The highest BCUT2D eigenvalue weighted by atomic mass is 79.9. The number of hydrogen-bond acceptors (Lipinski definition) is 10. The van der Waals surface area contributed by atoms with Crippen molar-refractivity contribution in [2.45, 2.75) is 43.9 Å². The Morgan fingerprint density at radius 2 is 1.38 bits per heavy atom. The van der Waals surface area contributed by atoms with E-state index in [1.54, 1.807) is 6.07 Å². The van der Waals surface area contributed by atoms with Crippen molar-refractivity contribution in [3.05, 3.63) is 88.1 Å². The summed E-state index contributed by atoms with van der Waals surface area (Å²) in [6.07, 6.45) is 6.81. The van der Waals surface area contributed by atoms with E-state index in [2.05, 4.69) is 46.6 Å². The summed E-state index contributed by atoms with van der Waals surface area (Å²) in [6, 6.07) is 5.49. The summed E-state index contributed by atoms with van der Waals surface area (Å²) in [7, 11) is 2.69. The van der Waals surface area contributed by atoms with E-state index in [0.717, 1.165) is 31.7 Å². The predicted molar refractivity (Wildman–Crippen MR) is 174 cm³/mol. The molecule has 2 aromatic heterocycles. The Bertz CT molecular complexity index is 1910. The lowest BCUT2D eigenvalue weighted by molar-refractivity contribution is -0.386. The lowest BCUT2D eigenvalue weighted by Gasteiger charge is -2.39. The first kappa shape index (κ1) is 36.0. The molecule has 47 heavy (non-hydrogen) atoms. The molecule has 2 aliphatic carbocycles. The van der Waals surface area contributed by atoms with Gasteiger partial charge in [-0.2, -0.15) is 0 Å². The van der Waals surface area contributed by atoms with Crippen LogP contribution in [-0.4, -0.2) is 46.0 Å². The first-order valence-electron chi connectivity index (χ1n) is 13.9. The fourth-order valence-electron chi connectivity index (χ4n) is 5.26. The number of ether oxygens (including phenoxy) is 2. The van der Waals surface area contributed by atoms with Crippen molar-refractivity contribution >= 4 is 88.6 Å². The summed E-state index contributed by atoms with van der Waals surface area (Å²) in [6.45, 7) is 0. The summed E-state index contributed by atoms with van der Waals surface area (Å²) < 4.78 is 37.9. The zero-order valence-corrected chi connectivity index (χ0v) is 28.7. The number of esters is 2. The SMILES string of the molecule is COC(=O)C1(c2c([N+](=O)[O-])cnc3c(F)cc(Br)cc23)CCC1.COC(=O)C1CCC1.O=[N+]([O-])c1cnc2c(F)cc(Br)cc2c1Cl. The number of carbonyl (C=O) groups excluding carboxylic acids is 2. The van der Waals surface area contributed by atoms with Crippen LogP contribution in [0.15, 0.2) is 45.6 Å². The minimum Gasteiger partial charge on any atom is -0.469 e. The second-order valence-electron chi connectivity index (χ2n) is 10.6. The number of rotatable bonds is 5. The van der Waals surface area contributed by atoms with E-state index in [0.29, 0.717) is 21.8 Å². The molecule has 0 atom stereocenters. The highest BCUT2D eigenvalue weighted by Gasteiger charge is 2.51. The summed E-state index contributed by atoms with van der Waals surface area (Å²) in [5, 5.41) is 22.4. The second-order valence-corrected chi connectivity index (χ2v) is 12.8. The van der Waals surface area contributed by atoms with Gasteiger partial charge < -0.3 is 9.47 Å². The molecule has 0 unspecified atom stereocenters. The van der Waals surface area contributed by atoms with E-state index in [1.165, 1.54) is 38.8 Å². The summed E-state index contributed by atoms with van der Waals surface area (Å²) in [5.41, 5.74) is -1.55. The zero-order valence-electron chi connectivity index (χ0n) is 24.7. The molecule has 2 saturated carbocycles. The molecular weight excluding hydrogens is 778 g/mol. The molecule has 12 nitrogen and oxygen atoms in total. The number of nitro groups is 2. The molecule has 0 saturated heterocycles. The Labute approximate surface area is 287 Å². The van der Waals surface area contributed by atoms with Crippen molar-refractivity contribution in [2.24, 2.45) is 5.92 Å². The Hall–Kier alpha value is -3.89. The number of nitrogens with zero attached hydrogens (tertiary/aromatic N) is 4. The van der Waals surface area contributed by atoms with Crippen LogP contribution in [0, 0.1) is 37.8 Å². The molecular formula is C30H25Br2ClF2N4O8. The van der Waals surface area contributed by atoms with Gasteiger partial charge in [-0.3, -0.25) is 29.8 Å². The lowest BCUT2D eigenvalue weighted by Crippen LogP contribution is -2.44. The number of benzene rings is 2. The summed E-state index contributed by atoms with van der Waals surface area (Å²) in [5.74, 6) is -1.53.